The molecular weight excluding hydrogens is 254 g/mol. The fraction of sp³-hybridized carbons (Fsp3) is 0.300. The van der Waals surface area contributed by atoms with Crippen LogP contribution in [0.25, 0.3) is 12.2 Å². The number of benzene rings is 2. The minimum atomic E-state index is 0.811. The summed E-state index contributed by atoms with van der Waals surface area (Å²) < 4.78 is 0. The van der Waals surface area contributed by atoms with Gasteiger partial charge in [0.2, 0.25) is 0 Å². The molecule has 0 saturated heterocycles. The summed E-state index contributed by atoms with van der Waals surface area (Å²) in [6.45, 7) is 2.31. The Morgan fingerprint density at radius 2 is 1.95 bits per heavy atom. The highest BCUT2D eigenvalue weighted by atomic mass is 14.5. The SMILES string of the molecule is CCC1CC=c2ccc3c(c2C1)CC=c1c(N)cccc1=3. The first-order chi connectivity index (χ1) is 10.3. The number of fused-ring (bicyclic) bond motifs is 4. The maximum atomic E-state index is 6.14. The maximum Gasteiger partial charge on any atom is 0.0390 e. The molecule has 2 aliphatic carbocycles. The van der Waals surface area contributed by atoms with E-state index >= 15 is 0 Å². The summed E-state index contributed by atoms with van der Waals surface area (Å²) in [5, 5.41) is 5.37. The van der Waals surface area contributed by atoms with E-state index in [1.807, 2.05) is 6.07 Å². The fourth-order valence-corrected chi connectivity index (χ4v) is 3.86. The quantitative estimate of drug-likeness (QED) is 0.796. The summed E-state index contributed by atoms with van der Waals surface area (Å²) in [5.41, 5.74) is 10.1. The van der Waals surface area contributed by atoms with Gasteiger partial charge < -0.3 is 5.73 Å². The first kappa shape index (κ1) is 12.7. The van der Waals surface area contributed by atoms with Crippen LogP contribution in [0.15, 0.2) is 30.3 Å². The molecule has 2 aromatic carbocycles. The van der Waals surface area contributed by atoms with Crippen LogP contribution < -0.4 is 16.2 Å². The maximum absolute atomic E-state index is 6.14. The van der Waals surface area contributed by atoms with E-state index in [9.17, 15) is 0 Å². The second kappa shape index (κ2) is 4.77. The Hall–Kier alpha value is -2.02. The van der Waals surface area contributed by atoms with E-state index in [2.05, 4.69) is 43.3 Å². The average Bonchev–Trinajstić information content (AvgIpc) is 2.54. The summed E-state index contributed by atoms with van der Waals surface area (Å²) in [4.78, 5) is 0. The lowest BCUT2D eigenvalue weighted by molar-refractivity contribution is 0.513. The Bertz CT molecular complexity index is 922. The molecule has 0 heterocycles. The minimum Gasteiger partial charge on any atom is -0.398 e. The van der Waals surface area contributed by atoms with Gasteiger partial charge in [-0.25, -0.2) is 0 Å². The van der Waals surface area contributed by atoms with Gasteiger partial charge in [-0.1, -0.05) is 49.8 Å². The third-order valence-corrected chi connectivity index (χ3v) is 5.15. The summed E-state index contributed by atoms with van der Waals surface area (Å²) >= 11 is 0. The van der Waals surface area contributed by atoms with Crippen LogP contribution in [-0.4, -0.2) is 0 Å². The molecule has 0 fully saturated rings. The summed E-state index contributed by atoms with van der Waals surface area (Å²) in [7, 11) is 0. The normalized spacial score (nSPS) is 18.8. The Morgan fingerprint density at radius 1 is 1.05 bits per heavy atom. The van der Waals surface area contributed by atoms with E-state index in [0.29, 0.717) is 0 Å². The summed E-state index contributed by atoms with van der Waals surface area (Å²) in [6.07, 6.45) is 9.49. The van der Waals surface area contributed by atoms with Crippen LogP contribution in [0.2, 0.25) is 0 Å². The molecule has 1 atom stereocenters. The van der Waals surface area contributed by atoms with Crippen molar-refractivity contribution in [2.24, 2.45) is 5.92 Å². The lowest BCUT2D eigenvalue weighted by atomic mass is 9.83. The number of nitrogens with two attached hydrogens (primary N) is 1. The molecule has 1 heteroatoms. The minimum absolute atomic E-state index is 0.811. The van der Waals surface area contributed by atoms with Crippen molar-refractivity contribution in [3.63, 3.8) is 0 Å². The van der Waals surface area contributed by atoms with Crippen molar-refractivity contribution in [3.8, 4) is 0 Å². The second-order valence-electron chi connectivity index (χ2n) is 6.29. The fourth-order valence-electron chi connectivity index (χ4n) is 3.86. The molecule has 2 N–H and O–H groups in total. The Kier molecular flexibility index (Phi) is 2.88. The van der Waals surface area contributed by atoms with Crippen LogP contribution in [0.3, 0.4) is 0 Å². The first-order valence-electron chi connectivity index (χ1n) is 7.98. The van der Waals surface area contributed by atoms with Crippen molar-refractivity contribution < 1.29 is 0 Å². The number of hydrogen-bond acceptors (Lipinski definition) is 1. The van der Waals surface area contributed by atoms with Crippen molar-refractivity contribution in [1.29, 1.82) is 0 Å². The van der Waals surface area contributed by atoms with Crippen LogP contribution in [-0.2, 0) is 12.8 Å². The molecule has 106 valence electrons. The highest BCUT2D eigenvalue weighted by Gasteiger charge is 2.17. The molecule has 0 radical (unpaired) electrons. The van der Waals surface area contributed by atoms with Crippen LogP contribution in [0.1, 0.15) is 30.9 Å². The molecule has 2 aliphatic rings. The van der Waals surface area contributed by atoms with Crippen molar-refractivity contribution in [3.05, 3.63) is 62.3 Å². The molecule has 0 saturated carbocycles. The van der Waals surface area contributed by atoms with E-state index in [1.165, 1.54) is 45.7 Å². The van der Waals surface area contributed by atoms with Crippen molar-refractivity contribution in [1.82, 2.24) is 0 Å². The van der Waals surface area contributed by atoms with Crippen molar-refractivity contribution in [2.75, 3.05) is 5.73 Å². The highest BCUT2D eigenvalue weighted by molar-refractivity contribution is 5.53. The van der Waals surface area contributed by atoms with Gasteiger partial charge in [-0.15, -0.1) is 0 Å². The third-order valence-electron chi connectivity index (χ3n) is 5.15. The number of nitrogen functional groups attached to an aromatic ring is 1. The molecule has 0 aromatic heterocycles. The molecule has 1 unspecified atom stereocenters. The lowest BCUT2D eigenvalue weighted by Gasteiger charge is -2.22. The summed E-state index contributed by atoms with van der Waals surface area (Å²) in [5.74, 6) is 0.811. The van der Waals surface area contributed by atoms with Gasteiger partial charge in [0.1, 0.15) is 0 Å². The monoisotopic (exact) mass is 275 g/mol. The van der Waals surface area contributed by atoms with Gasteiger partial charge in [0.25, 0.3) is 0 Å². The summed E-state index contributed by atoms with van der Waals surface area (Å²) in [6, 6.07) is 10.9. The molecule has 1 nitrogen and oxygen atoms in total. The van der Waals surface area contributed by atoms with Crippen molar-refractivity contribution in [2.45, 2.75) is 32.6 Å². The van der Waals surface area contributed by atoms with E-state index in [0.717, 1.165) is 18.0 Å². The van der Waals surface area contributed by atoms with E-state index in [1.54, 1.807) is 5.56 Å². The van der Waals surface area contributed by atoms with Gasteiger partial charge in [0.05, 0.1) is 0 Å². The van der Waals surface area contributed by atoms with Gasteiger partial charge >= 0.3 is 0 Å². The topological polar surface area (TPSA) is 26.0 Å². The van der Waals surface area contributed by atoms with Crippen LogP contribution in [0, 0.1) is 16.4 Å². The Morgan fingerprint density at radius 3 is 2.81 bits per heavy atom. The van der Waals surface area contributed by atoms with Crippen LogP contribution >= 0.6 is 0 Å². The predicted molar refractivity (Wildman–Crippen MR) is 89.0 cm³/mol. The number of anilines is 1. The molecule has 0 spiro atoms. The van der Waals surface area contributed by atoms with E-state index in [-0.39, 0.29) is 0 Å². The average molecular weight is 275 g/mol. The largest absolute Gasteiger partial charge is 0.398 e. The lowest BCUT2D eigenvalue weighted by Crippen LogP contribution is -2.24. The van der Waals surface area contributed by atoms with Gasteiger partial charge in [0.15, 0.2) is 0 Å². The van der Waals surface area contributed by atoms with Gasteiger partial charge in [-0.05, 0) is 58.0 Å². The van der Waals surface area contributed by atoms with Gasteiger partial charge in [0, 0.05) is 10.9 Å². The van der Waals surface area contributed by atoms with Gasteiger partial charge in [-0.2, -0.15) is 0 Å². The number of rotatable bonds is 1. The Balaban J connectivity index is 2.10. The molecule has 0 bridgehead atoms. The highest BCUT2D eigenvalue weighted by Crippen LogP contribution is 2.23. The molecule has 21 heavy (non-hydrogen) atoms. The van der Waals surface area contributed by atoms with Crippen LogP contribution in [0.4, 0.5) is 5.69 Å². The van der Waals surface area contributed by atoms with Gasteiger partial charge in [-0.3, -0.25) is 0 Å². The molecular formula is C20H21N. The molecule has 4 rings (SSSR count). The Labute approximate surface area is 125 Å². The third kappa shape index (κ3) is 1.91. The second-order valence-corrected chi connectivity index (χ2v) is 6.29. The predicted octanol–water partition coefficient (Wildman–Crippen LogP) is 2.65. The zero-order valence-corrected chi connectivity index (χ0v) is 12.5. The first-order valence-corrected chi connectivity index (χ1v) is 7.98. The smallest absolute Gasteiger partial charge is 0.0390 e. The zero-order valence-electron chi connectivity index (χ0n) is 12.5. The van der Waals surface area contributed by atoms with Crippen LogP contribution in [0.5, 0.6) is 0 Å². The molecule has 0 amide bonds. The van der Waals surface area contributed by atoms with E-state index in [4.69, 9.17) is 5.73 Å². The molecule has 2 aromatic rings. The number of hydrogen-bond donors (Lipinski definition) is 1. The zero-order chi connectivity index (χ0) is 14.4. The van der Waals surface area contributed by atoms with Crippen molar-refractivity contribution >= 4 is 17.8 Å². The molecule has 0 aliphatic heterocycles. The van der Waals surface area contributed by atoms with E-state index < -0.39 is 0 Å². The standard InChI is InChI=1S/C20H21N/c1-2-13-6-7-14-8-9-16-15-4-3-5-20(21)18(15)11-10-17(16)19(14)12-13/h3-5,7-9,11,13H,2,6,10,12,21H2,1H3.